The van der Waals surface area contributed by atoms with Gasteiger partial charge in [-0.15, -0.1) is 11.8 Å². The van der Waals surface area contributed by atoms with Gasteiger partial charge in [-0.05, 0) is 19.8 Å². The summed E-state index contributed by atoms with van der Waals surface area (Å²) in [6.45, 7) is 2.44. The zero-order valence-electron chi connectivity index (χ0n) is 9.44. The van der Waals surface area contributed by atoms with Crippen molar-refractivity contribution in [2.45, 2.75) is 51.0 Å². The van der Waals surface area contributed by atoms with E-state index in [1.54, 1.807) is 6.92 Å². The van der Waals surface area contributed by atoms with Crippen LogP contribution in [0.15, 0.2) is 0 Å². The summed E-state index contributed by atoms with van der Waals surface area (Å²) in [5.74, 6) is 5.77. The highest BCUT2D eigenvalue weighted by molar-refractivity contribution is 5.77. The molecule has 3 N–H and O–H groups in total. The standard InChI is InChI=1S/C12H20N2O/c1-2-3-6-9-14-11(15)10-12(13)7-4-5-8-12/h4-10,13H2,1H3,(H,14,15). The maximum atomic E-state index is 11.5. The van der Waals surface area contributed by atoms with Crippen molar-refractivity contribution in [3.05, 3.63) is 0 Å². The Labute approximate surface area is 91.8 Å². The molecule has 0 bridgehead atoms. The zero-order chi connectivity index (χ0) is 11.1. The SMILES string of the molecule is CC#CCCNC(=O)CC1(N)CCCC1. The van der Waals surface area contributed by atoms with Crippen molar-refractivity contribution in [3.63, 3.8) is 0 Å². The average molecular weight is 208 g/mol. The van der Waals surface area contributed by atoms with Gasteiger partial charge in [0, 0.05) is 24.9 Å². The van der Waals surface area contributed by atoms with E-state index in [0.717, 1.165) is 32.1 Å². The minimum atomic E-state index is -0.236. The van der Waals surface area contributed by atoms with Crippen molar-refractivity contribution in [1.29, 1.82) is 0 Å². The van der Waals surface area contributed by atoms with Crippen LogP contribution in [0.5, 0.6) is 0 Å². The second-order valence-corrected chi connectivity index (χ2v) is 4.27. The van der Waals surface area contributed by atoms with Crippen molar-refractivity contribution < 1.29 is 4.79 Å². The van der Waals surface area contributed by atoms with Crippen LogP contribution in [0.2, 0.25) is 0 Å². The Morgan fingerprint density at radius 2 is 2.13 bits per heavy atom. The summed E-state index contributed by atoms with van der Waals surface area (Å²) in [6, 6.07) is 0. The predicted octanol–water partition coefficient (Wildman–Crippen LogP) is 1.18. The van der Waals surface area contributed by atoms with E-state index < -0.39 is 0 Å². The van der Waals surface area contributed by atoms with Gasteiger partial charge in [0.25, 0.3) is 0 Å². The van der Waals surface area contributed by atoms with Gasteiger partial charge in [0.05, 0.1) is 0 Å². The first-order chi connectivity index (χ1) is 7.16. The molecule has 1 aliphatic carbocycles. The van der Waals surface area contributed by atoms with E-state index in [4.69, 9.17) is 5.73 Å². The Morgan fingerprint density at radius 3 is 2.73 bits per heavy atom. The molecule has 1 amide bonds. The highest BCUT2D eigenvalue weighted by atomic mass is 16.1. The van der Waals surface area contributed by atoms with Crippen LogP contribution in [-0.4, -0.2) is 18.0 Å². The molecule has 0 saturated heterocycles. The molecule has 3 nitrogen and oxygen atoms in total. The lowest BCUT2D eigenvalue weighted by Gasteiger charge is -2.22. The number of hydrogen-bond donors (Lipinski definition) is 2. The van der Waals surface area contributed by atoms with Crippen LogP contribution in [-0.2, 0) is 4.79 Å². The first-order valence-corrected chi connectivity index (χ1v) is 5.61. The third-order valence-corrected chi connectivity index (χ3v) is 2.86. The molecule has 0 radical (unpaired) electrons. The molecule has 1 saturated carbocycles. The van der Waals surface area contributed by atoms with Gasteiger partial charge in [-0.2, -0.15) is 0 Å². The number of carbonyl (C=O) groups is 1. The Kier molecular flexibility index (Phi) is 4.64. The molecule has 0 spiro atoms. The number of hydrogen-bond acceptors (Lipinski definition) is 2. The molecule has 1 aliphatic rings. The van der Waals surface area contributed by atoms with Crippen molar-refractivity contribution in [1.82, 2.24) is 5.32 Å². The molecule has 0 heterocycles. The lowest BCUT2D eigenvalue weighted by atomic mass is 9.94. The van der Waals surface area contributed by atoms with Gasteiger partial charge in [0.2, 0.25) is 5.91 Å². The lowest BCUT2D eigenvalue weighted by molar-refractivity contribution is -0.122. The summed E-state index contributed by atoms with van der Waals surface area (Å²) in [7, 11) is 0. The van der Waals surface area contributed by atoms with E-state index >= 15 is 0 Å². The average Bonchev–Trinajstić information content (AvgIpc) is 2.59. The summed E-state index contributed by atoms with van der Waals surface area (Å²) >= 11 is 0. The Hall–Kier alpha value is -1.01. The normalized spacial score (nSPS) is 18.0. The van der Waals surface area contributed by atoms with E-state index in [0.29, 0.717) is 13.0 Å². The van der Waals surface area contributed by atoms with E-state index in [-0.39, 0.29) is 11.4 Å². The molecule has 0 aliphatic heterocycles. The van der Waals surface area contributed by atoms with Gasteiger partial charge in [-0.1, -0.05) is 12.8 Å². The molecule has 15 heavy (non-hydrogen) atoms. The van der Waals surface area contributed by atoms with Crippen molar-refractivity contribution in [2.24, 2.45) is 5.73 Å². The van der Waals surface area contributed by atoms with Crippen LogP contribution < -0.4 is 11.1 Å². The van der Waals surface area contributed by atoms with Crippen LogP contribution in [0, 0.1) is 11.8 Å². The van der Waals surface area contributed by atoms with Crippen molar-refractivity contribution in [3.8, 4) is 11.8 Å². The second-order valence-electron chi connectivity index (χ2n) is 4.27. The van der Waals surface area contributed by atoms with Crippen LogP contribution in [0.4, 0.5) is 0 Å². The van der Waals surface area contributed by atoms with Crippen LogP contribution in [0.3, 0.4) is 0 Å². The minimum Gasteiger partial charge on any atom is -0.355 e. The molecule has 1 fully saturated rings. The van der Waals surface area contributed by atoms with Gasteiger partial charge in [0.1, 0.15) is 0 Å². The summed E-state index contributed by atoms with van der Waals surface area (Å²) in [4.78, 5) is 11.5. The highest BCUT2D eigenvalue weighted by Crippen LogP contribution is 2.29. The fraction of sp³-hybridized carbons (Fsp3) is 0.750. The van der Waals surface area contributed by atoms with Crippen LogP contribution in [0.1, 0.15) is 45.4 Å². The fourth-order valence-corrected chi connectivity index (χ4v) is 2.03. The number of rotatable bonds is 4. The monoisotopic (exact) mass is 208 g/mol. The van der Waals surface area contributed by atoms with Gasteiger partial charge >= 0.3 is 0 Å². The number of carbonyl (C=O) groups excluding carboxylic acids is 1. The lowest BCUT2D eigenvalue weighted by Crippen LogP contribution is -2.42. The predicted molar refractivity (Wildman–Crippen MR) is 61.1 cm³/mol. The quantitative estimate of drug-likeness (QED) is 0.538. The Morgan fingerprint density at radius 1 is 1.47 bits per heavy atom. The number of nitrogens with two attached hydrogens (primary N) is 1. The Bertz CT molecular complexity index is 269. The molecule has 84 valence electrons. The maximum Gasteiger partial charge on any atom is 0.221 e. The van der Waals surface area contributed by atoms with E-state index in [9.17, 15) is 4.79 Å². The third kappa shape index (κ3) is 4.35. The molecule has 0 unspecified atom stereocenters. The highest BCUT2D eigenvalue weighted by Gasteiger charge is 2.31. The number of nitrogens with one attached hydrogen (secondary N) is 1. The van der Waals surface area contributed by atoms with E-state index in [1.807, 2.05) is 0 Å². The summed E-state index contributed by atoms with van der Waals surface area (Å²) in [5.41, 5.74) is 5.87. The molecular weight excluding hydrogens is 188 g/mol. The summed E-state index contributed by atoms with van der Waals surface area (Å²) in [6.07, 6.45) is 5.47. The van der Waals surface area contributed by atoms with Crippen LogP contribution in [0.25, 0.3) is 0 Å². The van der Waals surface area contributed by atoms with Crippen molar-refractivity contribution >= 4 is 5.91 Å². The first-order valence-electron chi connectivity index (χ1n) is 5.61. The molecule has 0 aromatic rings. The third-order valence-electron chi connectivity index (χ3n) is 2.86. The number of amides is 1. The molecular formula is C12H20N2O. The molecule has 3 heteroatoms. The topological polar surface area (TPSA) is 55.1 Å². The summed E-state index contributed by atoms with van der Waals surface area (Å²) in [5, 5.41) is 2.85. The molecule has 0 atom stereocenters. The zero-order valence-corrected chi connectivity index (χ0v) is 9.44. The fourth-order valence-electron chi connectivity index (χ4n) is 2.03. The molecule has 1 rings (SSSR count). The van der Waals surface area contributed by atoms with Gasteiger partial charge in [-0.25, -0.2) is 0 Å². The smallest absolute Gasteiger partial charge is 0.221 e. The molecule has 0 aromatic carbocycles. The summed E-state index contributed by atoms with van der Waals surface area (Å²) < 4.78 is 0. The van der Waals surface area contributed by atoms with E-state index in [1.165, 1.54) is 0 Å². The van der Waals surface area contributed by atoms with Gasteiger partial charge in [0.15, 0.2) is 0 Å². The maximum absolute atomic E-state index is 11.5. The first kappa shape index (κ1) is 12.1. The van der Waals surface area contributed by atoms with Crippen molar-refractivity contribution in [2.75, 3.05) is 6.54 Å². The van der Waals surface area contributed by atoms with E-state index in [2.05, 4.69) is 17.2 Å². The second kappa shape index (κ2) is 5.77. The molecule has 0 aromatic heterocycles. The Balaban J connectivity index is 2.19. The van der Waals surface area contributed by atoms with Crippen LogP contribution >= 0.6 is 0 Å². The minimum absolute atomic E-state index is 0.0669. The van der Waals surface area contributed by atoms with Gasteiger partial charge < -0.3 is 11.1 Å². The largest absolute Gasteiger partial charge is 0.355 e. The van der Waals surface area contributed by atoms with Gasteiger partial charge in [-0.3, -0.25) is 4.79 Å².